The molecule has 2 N–H and O–H groups in total. The summed E-state index contributed by atoms with van der Waals surface area (Å²) in [6.45, 7) is 0.436. The number of hydrogen-bond acceptors (Lipinski definition) is 3. The van der Waals surface area contributed by atoms with Crippen LogP contribution in [0.15, 0.2) is 84.1 Å². The van der Waals surface area contributed by atoms with Crippen LogP contribution in [0.5, 0.6) is 5.75 Å². The first-order valence-corrected chi connectivity index (χ1v) is 9.24. The maximum atomic E-state index is 12.6. The van der Waals surface area contributed by atoms with Gasteiger partial charge >= 0.3 is 6.18 Å². The van der Waals surface area contributed by atoms with Crippen LogP contribution < -0.4 is 10.2 Å². The molecule has 0 unspecified atom stereocenters. The van der Waals surface area contributed by atoms with Crippen LogP contribution in [0.1, 0.15) is 16.7 Å². The molecule has 0 fully saturated rings. The Labute approximate surface area is 171 Å². The molecule has 4 nitrogen and oxygen atoms in total. The Morgan fingerprint density at radius 2 is 1.70 bits per heavy atom. The quantitative estimate of drug-likeness (QED) is 0.294. The first-order chi connectivity index (χ1) is 14.5. The average molecular weight is 409 g/mol. The van der Waals surface area contributed by atoms with Crippen molar-refractivity contribution in [1.82, 2.24) is 4.98 Å². The Morgan fingerprint density at radius 1 is 0.933 bits per heavy atom. The highest BCUT2D eigenvalue weighted by molar-refractivity contribution is 6.02. The summed E-state index contributed by atoms with van der Waals surface area (Å²) in [6.07, 6.45) is -0.953. The summed E-state index contributed by atoms with van der Waals surface area (Å²) < 4.78 is 44.0. The maximum absolute atomic E-state index is 12.6. The second-order valence-electron chi connectivity index (χ2n) is 6.64. The number of ether oxygens (including phenoxy) is 1. The molecule has 0 radical (unpaired) electrons. The van der Waals surface area contributed by atoms with Gasteiger partial charge in [-0.3, -0.25) is 5.43 Å². The van der Waals surface area contributed by atoms with E-state index in [1.165, 1.54) is 12.1 Å². The third kappa shape index (κ3) is 4.46. The number of aromatic nitrogens is 1. The third-order valence-corrected chi connectivity index (χ3v) is 4.54. The Balaban J connectivity index is 1.50. The van der Waals surface area contributed by atoms with Gasteiger partial charge in [0, 0.05) is 17.3 Å². The zero-order chi connectivity index (χ0) is 21.0. The van der Waals surface area contributed by atoms with Crippen LogP contribution in [0.2, 0.25) is 0 Å². The van der Waals surface area contributed by atoms with Crippen molar-refractivity contribution >= 4 is 22.8 Å². The minimum Gasteiger partial charge on any atom is -0.488 e. The highest BCUT2D eigenvalue weighted by Crippen LogP contribution is 2.30. The van der Waals surface area contributed by atoms with Gasteiger partial charge in [-0.2, -0.15) is 18.3 Å². The van der Waals surface area contributed by atoms with Gasteiger partial charge in [0.1, 0.15) is 12.4 Å². The van der Waals surface area contributed by atoms with Crippen LogP contribution >= 0.6 is 0 Å². The van der Waals surface area contributed by atoms with Gasteiger partial charge in [0.05, 0.1) is 22.9 Å². The standard InChI is InChI=1S/C23H18F3N3O/c24-23(25,26)18-9-11-19(12-10-18)29-28-14-17-13-27-20-7-4-8-21(22(17)20)30-15-16-5-2-1-3-6-16/h1-14,27,29H,15H2/b28-14+. The topological polar surface area (TPSA) is 49.4 Å². The van der Waals surface area contributed by atoms with Gasteiger partial charge in [-0.05, 0) is 42.0 Å². The van der Waals surface area contributed by atoms with Crippen LogP contribution in [0.4, 0.5) is 18.9 Å². The van der Waals surface area contributed by atoms with Crippen LogP contribution in [0, 0.1) is 0 Å². The Kier molecular flexibility index (Phi) is 5.43. The fourth-order valence-electron chi connectivity index (χ4n) is 3.04. The molecule has 0 atom stereocenters. The monoisotopic (exact) mass is 409 g/mol. The molecule has 152 valence electrons. The molecule has 0 saturated carbocycles. The van der Waals surface area contributed by atoms with Crippen molar-refractivity contribution in [3.05, 3.63) is 95.7 Å². The molecule has 0 amide bonds. The predicted molar refractivity (Wildman–Crippen MR) is 112 cm³/mol. The van der Waals surface area contributed by atoms with Crippen LogP contribution in [-0.4, -0.2) is 11.2 Å². The second kappa shape index (κ2) is 8.32. The number of nitrogens with one attached hydrogen (secondary N) is 2. The average Bonchev–Trinajstić information content (AvgIpc) is 3.16. The molecule has 0 bridgehead atoms. The zero-order valence-corrected chi connectivity index (χ0v) is 15.8. The largest absolute Gasteiger partial charge is 0.488 e. The van der Waals surface area contributed by atoms with Crippen molar-refractivity contribution in [2.75, 3.05) is 5.43 Å². The summed E-state index contributed by atoms with van der Waals surface area (Å²) in [6, 6.07) is 20.3. The van der Waals surface area contributed by atoms with E-state index in [4.69, 9.17) is 4.74 Å². The molecule has 0 aliphatic heterocycles. The van der Waals surface area contributed by atoms with Crippen molar-refractivity contribution in [3.8, 4) is 5.75 Å². The van der Waals surface area contributed by atoms with E-state index in [9.17, 15) is 13.2 Å². The van der Waals surface area contributed by atoms with Crippen LogP contribution in [0.25, 0.3) is 10.9 Å². The SMILES string of the molecule is FC(F)(F)c1ccc(N/N=C/c2c[nH]c3cccc(OCc4ccccc4)c23)cc1. The number of halogens is 3. The molecule has 1 aromatic heterocycles. The fraction of sp³-hybridized carbons (Fsp3) is 0.0870. The summed E-state index contributed by atoms with van der Waals surface area (Å²) in [4.78, 5) is 3.18. The molecule has 0 aliphatic rings. The van der Waals surface area contributed by atoms with Crippen LogP contribution in [-0.2, 0) is 12.8 Å². The van der Waals surface area contributed by atoms with Gasteiger partial charge in [0.15, 0.2) is 0 Å². The van der Waals surface area contributed by atoms with E-state index in [1.807, 2.05) is 48.5 Å². The van der Waals surface area contributed by atoms with Gasteiger partial charge in [-0.15, -0.1) is 0 Å². The van der Waals surface area contributed by atoms with Crippen molar-refractivity contribution in [1.29, 1.82) is 0 Å². The van der Waals surface area contributed by atoms with Crippen molar-refractivity contribution < 1.29 is 17.9 Å². The van der Waals surface area contributed by atoms with E-state index >= 15 is 0 Å². The number of hydrogen-bond donors (Lipinski definition) is 2. The number of nitrogens with zero attached hydrogens (tertiary/aromatic N) is 1. The summed E-state index contributed by atoms with van der Waals surface area (Å²) in [5, 5.41) is 5.03. The molecule has 7 heteroatoms. The fourth-order valence-corrected chi connectivity index (χ4v) is 3.04. The van der Waals surface area contributed by atoms with Crippen molar-refractivity contribution in [2.24, 2.45) is 5.10 Å². The molecule has 3 aromatic carbocycles. The highest BCUT2D eigenvalue weighted by Gasteiger charge is 2.29. The minimum atomic E-state index is -4.36. The lowest BCUT2D eigenvalue weighted by Gasteiger charge is -2.08. The number of alkyl halides is 3. The van der Waals surface area contributed by atoms with Crippen molar-refractivity contribution in [3.63, 3.8) is 0 Å². The summed E-state index contributed by atoms with van der Waals surface area (Å²) in [5.41, 5.74) is 5.27. The lowest BCUT2D eigenvalue weighted by Crippen LogP contribution is -2.04. The van der Waals surface area contributed by atoms with E-state index in [1.54, 1.807) is 12.4 Å². The predicted octanol–water partition coefficient (Wildman–Crippen LogP) is 6.21. The number of H-pyrrole nitrogens is 1. The van der Waals surface area contributed by atoms with E-state index in [0.29, 0.717) is 18.0 Å². The van der Waals surface area contributed by atoms with E-state index in [-0.39, 0.29) is 0 Å². The number of benzene rings is 3. The Bertz CT molecular complexity index is 1150. The Morgan fingerprint density at radius 3 is 2.43 bits per heavy atom. The number of rotatable bonds is 6. The van der Waals surface area contributed by atoms with Gasteiger partial charge in [-0.1, -0.05) is 36.4 Å². The molecular formula is C23H18F3N3O. The van der Waals surface area contributed by atoms with Gasteiger partial charge in [-0.25, -0.2) is 0 Å². The highest BCUT2D eigenvalue weighted by atomic mass is 19.4. The number of fused-ring (bicyclic) bond motifs is 1. The minimum absolute atomic E-state index is 0.436. The van der Waals surface area contributed by atoms with E-state index in [2.05, 4.69) is 15.5 Å². The number of aromatic amines is 1. The van der Waals surface area contributed by atoms with Crippen LogP contribution in [0.3, 0.4) is 0 Å². The first-order valence-electron chi connectivity index (χ1n) is 9.24. The first kappa shape index (κ1) is 19.6. The third-order valence-electron chi connectivity index (χ3n) is 4.54. The lowest BCUT2D eigenvalue weighted by atomic mass is 10.1. The Hall–Kier alpha value is -3.74. The molecule has 30 heavy (non-hydrogen) atoms. The van der Waals surface area contributed by atoms with Gasteiger partial charge in [0.25, 0.3) is 0 Å². The molecule has 0 saturated heterocycles. The molecule has 4 rings (SSSR count). The summed E-state index contributed by atoms with van der Waals surface area (Å²) in [5.74, 6) is 0.716. The van der Waals surface area contributed by atoms with Crippen molar-refractivity contribution in [2.45, 2.75) is 12.8 Å². The summed E-state index contributed by atoms with van der Waals surface area (Å²) >= 11 is 0. The zero-order valence-electron chi connectivity index (χ0n) is 15.8. The smallest absolute Gasteiger partial charge is 0.416 e. The van der Waals surface area contributed by atoms with Gasteiger partial charge in [0.2, 0.25) is 0 Å². The molecule has 4 aromatic rings. The molecular weight excluding hydrogens is 391 g/mol. The molecule has 0 aliphatic carbocycles. The number of anilines is 1. The van der Waals surface area contributed by atoms with E-state index < -0.39 is 11.7 Å². The molecule has 0 spiro atoms. The lowest BCUT2D eigenvalue weighted by molar-refractivity contribution is -0.137. The van der Waals surface area contributed by atoms with E-state index in [0.717, 1.165) is 34.2 Å². The summed E-state index contributed by atoms with van der Waals surface area (Å²) in [7, 11) is 0. The maximum Gasteiger partial charge on any atom is 0.416 e. The number of hydrazone groups is 1. The second-order valence-corrected chi connectivity index (χ2v) is 6.64. The normalized spacial score (nSPS) is 11.8. The van der Waals surface area contributed by atoms with Gasteiger partial charge < -0.3 is 9.72 Å². The molecule has 1 heterocycles.